The Bertz CT molecular complexity index is 2190. The summed E-state index contributed by atoms with van der Waals surface area (Å²) < 4.78 is 0. The zero-order chi connectivity index (χ0) is 37.9. The van der Waals surface area contributed by atoms with Gasteiger partial charge in [-0.15, -0.1) is 0 Å². The summed E-state index contributed by atoms with van der Waals surface area (Å²) in [4.78, 5) is 0. The van der Waals surface area contributed by atoms with E-state index in [0.717, 1.165) is 11.1 Å². The molecule has 55 heavy (non-hydrogen) atoms. The van der Waals surface area contributed by atoms with E-state index in [9.17, 15) is 0 Å². The SMILES string of the molecule is C=C([CH2-])C.C=C([CH2-])C.[Ru+2].c1ccc(P(c2ccccc2)c2ccc3ccccc3c2-c2c(P(c3ccccc3)c3ccccc3)ccc3ccccc23)cc1. The first-order valence-electron chi connectivity index (χ1n) is 18.1. The van der Waals surface area contributed by atoms with Crippen LogP contribution in [0.3, 0.4) is 0 Å². The Kier molecular flexibility index (Phi) is 15.0. The maximum Gasteiger partial charge on any atom is 2.00 e. The number of benzene rings is 8. The average Bonchev–Trinajstić information content (AvgIpc) is 3.19. The summed E-state index contributed by atoms with van der Waals surface area (Å²) in [6, 6.07) is 71.8. The van der Waals surface area contributed by atoms with Gasteiger partial charge in [0.25, 0.3) is 0 Å². The first-order chi connectivity index (χ1) is 26.3. The van der Waals surface area contributed by atoms with Crippen LogP contribution in [0.1, 0.15) is 13.8 Å². The third-order valence-corrected chi connectivity index (χ3v) is 13.6. The van der Waals surface area contributed by atoms with Gasteiger partial charge in [-0.3, -0.25) is 0 Å². The van der Waals surface area contributed by atoms with Gasteiger partial charge in [-0.1, -0.05) is 208 Å². The van der Waals surface area contributed by atoms with Crippen molar-refractivity contribution in [3.8, 4) is 11.1 Å². The quantitative estimate of drug-likeness (QED) is 0.0852. The third-order valence-electron chi connectivity index (χ3n) is 8.60. The molecule has 0 spiro atoms. The van der Waals surface area contributed by atoms with Gasteiger partial charge in [0.05, 0.1) is 0 Å². The van der Waals surface area contributed by atoms with Crippen LogP contribution in [0.25, 0.3) is 32.7 Å². The summed E-state index contributed by atoms with van der Waals surface area (Å²) in [6.07, 6.45) is 0. The van der Waals surface area contributed by atoms with Crippen molar-refractivity contribution in [1.29, 1.82) is 0 Å². The monoisotopic (exact) mass is 834 g/mol. The molecular formula is C52H46P2Ru. The molecule has 3 heteroatoms. The molecule has 0 heterocycles. The molecule has 0 aromatic heterocycles. The summed E-state index contributed by atoms with van der Waals surface area (Å²) >= 11 is 0. The van der Waals surface area contributed by atoms with E-state index in [1.54, 1.807) is 0 Å². The van der Waals surface area contributed by atoms with Crippen molar-refractivity contribution < 1.29 is 19.5 Å². The number of fused-ring (bicyclic) bond motifs is 2. The van der Waals surface area contributed by atoms with E-state index in [-0.39, 0.29) is 19.5 Å². The Balaban J connectivity index is 0.000000591. The van der Waals surface area contributed by atoms with Gasteiger partial charge in [0.2, 0.25) is 0 Å². The van der Waals surface area contributed by atoms with Crippen molar-refractivity contribution in [1.82, 2.24) is 0 Å². The van der Waals surface area contributed by atoms with E-state index in [1.165, 1.54) is 64.5 Å². The Morgan fingerprint density at radius 2 is 0.600 bits per heavy atom. The topological polar surface area (TPSA) is 0 Å². The van der Waals surface area contributed by atoms with Gasteiger partial charge in [0, 0.05) is 0 Å². The van der Waals surface area contributed by atoms with Crippen LogP contribution in [0.2, 0.25) is 0 Å². The van der Waals surface area contributed by atoms with Gasteiger partial charge in [0.15, 0.2) is 0 Å². The molecule has 0 bridgehead atoms. The molecule has 8 aromatic rings. The van der Waals surface area contributed by atoms with E-state index >= 15 is 0 Å². The fraction of sp³-hybridized carbons (Fsp3) is 0.0385. The summed E-state index contributed by atoms with van der Waals surface area (Å²) in [5.74, 6) is 0. The van der Waals surface area contributed by atoms with Gasteiger partial charge in [-0.25, -0.2) is 38.2 Å². The van der Waals surface area contributed by atoms with Crippen LogP contribution < -0.4 is 31.8 Å². The molecule has 0 nitrogen and oxygen atoms in total. The molecule has 0 aliphatic rings. The Hall–Kier alpha value is -5.02. The molecule has 0 saturated heterocycles. The average molecular weight is 834 g/mol. The van der Waals surface area contributed by atoms with Gasteiger partial charge in [-0.2, -0.15) is 0 Å². The fourth-order valence-corrected chi connectivity index (χ4v) is 11.5. The zero-order valence-electron chi connectivity index (χ0n) is 31.6. The maximum atomic E-state index is 3.44. The second-order valence-electron chi connectivity index (χ2n) is 13.3. The summed E-state index contributed by atoms with van der Waals surface area (Å²) in [5, 5.41) is 13.3. The van der Waals surface area contributed by atoms with Crippen molar-refractivity contribution in [2.45, 2.75) is 13.8 Å². The summed E-state index contributed by atoms with van der Waals surface area (Å²) in [5.41, 5.74) is 4.53. The number of allylic oxidation sites excluding steroid dienone is 2. The standard InChI is InChI=1S/C44H32P2.2C4H7.Ru/c1-5-19-35(20-6-1)45(36-21-7-2-8-22-36)41-31-29-33-17-13-15-27-39(33)43(41)44-40-28-16-14-18-34(40)30-32-42(44)46(37-23-9-3-10-24-37)38-25-11-4-12-26-38;2*1-4(2)3;/h1-32H;2*1-2H2,3H3;/q;2*-1;+2. The Labute approximate surface area is 344 Å². The largest absolute Gasteiger partial charge is 2.00 e. The zero-order valence-corrected chi connectivity index (χ0v) is 35.1. The second kappa shape index (κ2) is 20.1. The van der Waals surface area contributed by atoms with Crippen molar-refractivity contribution in [3.63, 3.8) is 0 Å². The van der Waals surface area contributed by atoms with E-state index in [2.05, 4.69) is 221 Å². The molecule has 0 aliphatic carbocycles. The molecular weight excluding hydrogens is 788 g/mol. The molecule has 0 fully saturated rings. The third kappa shape index (κ3) is 10.2. The fourth-order valence-electron chi connectivity index (χ4n) is 6.58. The minimum atomic E-state index is -0.852. The second-order valence-corrected chi connectivity index (χ2v) is 17.7. The molecule has 0 amide bonds. The number of hydrogen-bond acceptors (Lipinski definition) is 0. The Morgan fingerprint density at radius 3 is 0.873 bits per heavy atom. The number of hydrogen-bond donors (Lipinski definition) is 0. The van der Waals surface area contributed by atoms with E-state index in [0.29, 0.717) is 0 Å². The molecule has 0 unspecified atom stereocenters. The molecule has 8 rings (SSSR count). The van der Waals surface area contributed by atoms with Crippen LogP contribution in [-0.2, 0) is 19.5 Å². The van der Waals surface area contributed by atoms with Crippen molar-refractivity contribution in [2.75, 3.05) is 0 Å². The molecule has 0 saturated carbocycles. The summed E-state index contributed by atoms with van der Waals surface area (Å²) in [6.45, 7) is 17.5. The molecule has 0 radical (unpaired) electrons. The summed E-state index contributed by atoms with van der Waals surface area (Å²) in [7, 11) is -1.70. The van der Waals surface area contributed by atoms with Crippen LogP contribution in [0, 0.1) is 13.8 Å². The van der Waals surface area contributed by atoms with Crippen LogP contribution in [-0.4, -0.2) is 0 Å². The molecule has 0 atom stereocenters. The van der Waals surface area contributed by atoms with E-state index < -0.39 is 15.8 Å². The molecule has 0 aliphatic heterocycles. The minimum Gasteiger partial charge on any atom is -0.242 e. The van der Waals surface area contributed by atoms with Crippen LogP contribution in [0.4, 0.5) is 0 Å². The van der Waals surface area contributed by atoms with Crippen molar-refractivity contribution >= 4 is 69.2 Å². The molecule has 0 N–H and O–H groups in total. The van der Waals surface area contributed by atoms with Crippen LogP contribution in [0.5, 0.6) is 0 Å². The van der Waals surface area contributed by atoms with Gasteiger partial charge < -0.3 is 0 Å². The maximum absolute atomic E-state index is 3.44. The van der Waals surface area contributed by atoms with E-state index in [4.69, 9.17) is 0 Å². The first-order valence-corrected chi connectivity index (χ1v) is 20.8. The molecule has 8 aromatic carbocycles. The van der Waals surface area contributed by atoms with Crippen LogP contribution >= 0.6 is 15.8 Å². The van der Waals surface area contributed by atoms with Crippen molar-refractivity contribution in [3.05, 3.63) is 232 Å². The van der Waals surface area contributed by atoms with Crippen LogP contribution in [0.15, 0.2) is 218 Å². The minimum absolute atomic E-state index is 0. The first kappa shape index (κ1) is 41.2. The van der Waals surface area contributed by atoms with E-state index in [1.807, 2.05) is 13.8 Å². The smallest absolute Gasteiger partial charge is 0.242 e. The van der Waals surface area contributed by atoms with Crippen molar-refractivity contribution in [2.24, 2.45) is 0 Å². The predicted octanol–water partition coefficient (Wildman–Crippen LogP) is 12.0. The predicted molar refractivity (Wildman–Crippen MR) is 245 cm³/mol. The van der Waals surface area contributed by atoms with Gasteiger partial charge in [-0.05, 0) is 80.3 Å². The van der Waals surface area contributed by atoms with Gasteiger partial charge >= 0.3 is 19.5 Å². The normalized spacial score (nSPS) is 10.5. The Morgan fingerprint density at radius 1 is 0.364 bits per heavy atom. The number of rotatable bonds is 7. The molecule has 272 valence electrons. The van der Waals surface area contributed by atoms with Gasteiger partial charge in [0.1, 0.15) is 0 Å².